The van der Waals surface area contributed by atoms with E-state index >= 15 is 0 Å². The first kappa shape index (κ1) is 18.5. The second-order valence-corrected chi connectivity index (χ2v) is 10.1. The van der Waals surface area contributed by atoms with Crippen LogP contribution in [0, 0.1) is 0 Å². The largest absolute Gasteiger partial charge is 0.348 e. The molecule has 3 aromatic rings. The summed E-state index contributed by atoms with van der Waals surface area (Å²) in [5.74, 6) is 0. The molecular formula is C20H19ClN2O2S2. The van der Waals surface area contributed by atoms with Crippen LogP contribution in [0.3, 0.4) is 0 Å². The van der Waals surface area contributed by atoms with Gasteiger partial charge in [-0.25, -0.2) is 13.4 Å². The summed E-state index contributed by atoms with van der Waals surface area (Å²) < 4.78 is 25.7. The van der Waals surface area contributed by atoms with Crippen molar-refractivity contribution in [3.63, 3.8) is 0 Å². The summed E-state index contributed by atoms with van der Waals surface area (Å²) in [6.07, 6.45) is 1.20. The molecule has 0 N–H and O–H groups in total. The molecule has 7 heteroatoms. The van der Waals surface area contributed by atoms with E-state index in [-0.39, 0.29) is 5.25 Å². The second-order valence-electron chi connectivity index (χ2n) is 6.57. The van der Waals surface area contributed by atoms with Crippen LogP contribution in [0.1, 0.15) is 12.8 Å². The Balaban J connectivity index is 1.45. The number of sulfone groups is 1. The maximum absolute atomic E-state index is 12.9. The fourth-order valence-corrected chi connectivity index (χ4v) is 6.07. The third kappa shape index (κ3) is 3.88. The van der Waals surface area contributed by atoms with Gasteiger partial charge in [-0.15, -0.1) is 11.3 Å². The summed E-state index contributed by atoms with van der Waals surface area (Å²) in [5, 5.41) is 3.20. The maximum atomic E-state index is 12.9. The summed E-state index contributed by atoms with van der Waals surface area (Å²) in [7, 11) is -3.32. The SMILES string of the molecule is O=S(=O)(c1ccc(Cl)cc1)C1CCN(c2nc(-c3ccccc3)cs2)CC1. The number of thiazole rings is 1. The number of rotatable bonds is 4. The molecule has 0 saturated carbocycles. The third-order valence-corrected chi connectivity index (χ3v) is 8.29. The van der Waals surface area contributed by atoms with Gasteiger partial charge in [-0.3, -0.25) is 0 Å². The molecule has 140 valence electrons. The van der Waals surface area contributed by atoms with E-state index in [1.54, 1.807) is 35.6 Å². The standard InChI is InChI=1S/C20H19ClN2O2S2/c21-16-6-8-17(9-7-16)27(24,25)18-10-12-23(13-11-18)20-22-19(14-26-20)15-4-2-1-3-5-15/h1-9,14,18H,10-13H2. The van der Waals surface area contributed by atoms with Crippen LogP contribution >= 0.6 is 22.9 Å². The Bertz CT molecular complexity index is 1010. The van der Waals surface area contributed by atoms with Crippen molar-refractivity contribution in [3.8, 4) is 11.3 Å². The Labute approximate surface area is 168 Å². The number of aromatic nitrogens is 1. The van der Waals surface area contributed by atoms with Gasteiger partial charge in [-0.05, 0) is 37.1 Å². The number of anilines is 1. The lowest BCUT2D eigenvalue weighted by Gasteiger charge is -2.31. The van der Waals surface area contributed by atoms with E-state index in [1.807, 2.05) is 30.3 Å². The molecule has 2 aromatic carbocycles. The van der Waals surface area contributed by atoms with Crippen LogP contribution in [0.15, 0.2) is 64.9 Å². The van der Waals surface area contributed by atoms with E-state index in [0.29, 0.717) is 35.8 Å². The predicted molar refractivity (Wildman–Crippen MR) is 111 cm³/mol. The average molecular weight is 419 g/mol. The highest BCUT2D eigenvalue weighted by atomic mass is 35.5. The van der Waals surface area contributed by atoms with Gasteiger partial charge < -0.3 is 4.90 Å². The molecule has 4 rings (SSSR count). The van der Waals surface area contributed by atoms with E-state index in [9.17, 15) is 8.42 Å². The van der Waals surface area contributed by atoms with E-state index in [1.165, 1.54) is 0 Å². The first-order valence-electron chi connectivity index (χ1n) is 8.79. The van der Waals surface area contributed by atoms with Gasteiger partial charge >= 0.3 is 0 Å². The molecule has 0 spiro atoms. The van der Waals surface area contributed by atoms with Crippen LogP contribution in [-0.2, 0) is 9.84 Å². The molecule has 1 aliphatic heterocycles. The second kappa shape index (κ2) is 7.62. The minimum absolute atomic E-state index is 0.353. The van der Waals surface area contributed by atoms with E-state index in [0.717, 1.165) is 16.4 Å². The Morgan fingerprint density at radius 2 is 1.67 bits per heavy atom. The van der Waals surface area contributed by atoms with Crippen molar-refractivity contribution in [2.24, 2.45) is 0 Å². The van der Waals surface area contributed by atoms with E-state index in [2.05, 4.69) is 10.3 Å². The fourth-order valence-electron chi connectivity index (χ4n) is 3.33. The Kier molecular flexibility index (Phi) is 5.21. The zero-order valence-electron chi connectivity index (χ0n) is 14.6. The Hall–Kier alpha value is -1.89. The first-order chi connectivity index (χ1) is 13.0. The van der Waals surface area contributed by atoms with Gasteiger partial charge in [0.25, 0.3) is 0 Å². The zero-order valence-corrected chi connectivity index (χ0v) is 17.0. The van der Waals surface area contributed by atoms with Crippen molar-refractivity contribution < 1.29 is 8.42 Å². The van der Waals surface area contributed by atoms with Crippen molar-refractivity contribution in [3.05, 3.63) is 65.0 Å². The normalized spacial score (nSPS) is 15.8. The van der Waals surface area contributed by atoms with Gasteiger partial charge in [0, 0.05) is 29.1 Å². The molecule has 1 aliphatic rings. The quantitative estimate of drug-likeness (QED) is 0.604. The average Bonchev–Trinajstić information content (AvgIpc) is 3.19. The van der Waals surface area contributed by atoms with Crippen LogP contribution in [0.4, 0.5) is 5.13 Å². The molecule has 4 nitrogen and oxygen atoms in total. The topological polar surface area (TPSA) is 50.3 Å². The summed E-state index contributed by atoms with van der Waals surface area (Å²) in [6.45, 7) is 1.39. The van der Waals surface area contributed by atoms with Crippen LogP contribution in [0.25, 0.3) is 11.3 Å². The summed E-state index contributed by atoms with van der Waals surface area (Å²) in [4.78, 5) is 7.28. The minimum Gasteiger partial charge on any atom is -0.348 e. The van der Waals surface area contributed by atoms with Crippen LogP contribution in [-0.4, -0.2) is 31.7 Å². The van der Waals surface area contributed by atoms with Crippen molar-refractivity contribution >= 4 is 37.9 Å². The maximum Gasteiger partial charge on any atom is 0.185 e. The number of halogens is 1. The van der Waals surface area contributed by atoms with Crippen LogP contribution in [0.5, 0.6) is 0 Å². The molecular weight excluding hydrogens is 400 g/mol. The fraction of sp³-hybridized carbons (Fsp3) is 0.250. The van der Waals surface area contributed by atoms with E-state index < -0.39 is 9.84 Å². The van der Waals surface area contributed by atoms with Gasteiger partial charge in [0.15, 0.2) is 15.0 Å². The lowest BCUT2D eigenvalue weighted by Crippen LogP contribution is -2.39. The smallest absolute Gasteiger partial charge is 0.185 e. The van der Waals surface area contributed by atoms with Gasteiger partial charge in [0.05, 0.1) is 15.8 Å². The van der Waals surface area contributed by atoms with E-state index in [4.69, 9.17) is 16.6 Å². The molecule has 0 bridgehead atoms. The highest BCUT2D eigenvalue weighted by Gasteiger charge is 2.32. The van der Waals surface area contributed by atoms with Gasteiger partial charge in [0.2, 0.25) is 0 Å². The number of benzene rings is 2. The number of nitrogens with zero attached hydrogens (tertiary/aromatic N) is 2. The Morgan fingerprint density at radius 1 is 1.00 bits per heavy atom. The summed E-state index contributed by atoms with van der Waals surface area (Å²) in [5.41, 5.74) is 2.06. The van der Waals surface area contributed by atoms with Gasteiger partial charge in [-0.1, -0.05) is 41.9 Å². The van der Waals surface area contributed by atoms with Crippen molar-refractivity contribution in [1.29, 1.82) is 0 Å². The van der Waals surface area contributed by atoms with Crippen molar-refractivity contribution in [1.82, 2.24) is 4.98 Å². The number of hydrogen-bond acceptors (Lipinski definition) is 5. The van der Waals surface area contributed by atoms with Crippen molar-refractivity contribution in [2.45, 2.75) is 23.0 Å². The highest BCUT2D eigenvalue weighted by Crippen LogP contribution is 2.31. The van der Waals surface area contributed by atoms with Crippen molar-refractivity contribution in [2.75, 3.05) is 18.0 Å². The number of piperidine rings is 1. The molecule has 0 aliphatic carbocycles. The summed E-state index contributed by atoms with van der Waals surface area (Å²) in [6, 6.07) is 16.5. The van der Waals surface area contributed by atoms with Gasteiger partial charge in [0.1, 0.15) is 0 Å². The lowest BCUT2D eigenvalue weighted by molar-refractivity contribution is 0.529. The first-order valence-corrected chi connectivity index (χ1v) is 11.6. The number of hydrogen-bond donors (Lipinski definition) is 0. The van der Waals surface area contributed by atoms with Crippen LogP contribution in [0.2, 0.25) is 5.02 Å². The van der Waals surface area contributed by atoms with Crippen LogP contribution < -0.4 is 4.90 Å². The molecule has 27 heavy (non-hydrogen) atoms. The Morgan fingerprint density at radius 3 is 2.33 bits per heavy atom. The molecule has 2 heterocycles. The molecule has 0 amide bonds. The monoisotopic (exact) mass is 418 g/mol. The molecule has 1 saturated heterocycles. The third-order valence-electron chi connectivity index (χ3n) is 4.86. The zero-order chi connectivity index (χ0) is 18.9. The summed E-state index contributed by atoms with van der Waals surface area (Å²) >= 11 is 7.48. The van der Waals surface area contributed by atoms with Gasteiger partial charge in [-0.2, -0.15) is 0 Å². The highest BCUT2D eigenvalue weighted by molar-refractivity contribution is 7.92. The predicted octanol–water partition coefficient (Wildman–Crippen LogP) is 4.91. The minimum atomic E-state index is -3.32. The lowest BCUT2D eigenvalue weighted by atomic mass is 10.1. The molecule has 0 radical (unpaired) electrons. The molecule has 0 unspecified atom stereocenters. The molecule has 1 fully saturated rings. The molecule has 1 aromatic heterocycles. The molecule has 0 atom stereocenters.